The molecule has 100 valence electrons. The van der Waals surface area contributed by atoms with Crippen molar-refractivity contribution in [2.45, 2.75) is 11.8 Å². The highest BCUT2D eigenvalue weighted by Gasteiger charge is 2.09. The zero-order chi connectivity index (χ0) is 13.9. The molecular weight excluding hydrogens is 332 g/mol. The number of alkyl halides is 1. The highest BCUT2D eigenvalue weighted by atomic mass is 79.9. The van der Waals surface area contributed by atoms with E-state index in [1.165, 1.54) is 16.3 Å². The summed E-state index contributed by atoms with van der Waals surface area (Å²) < 4.78 is 1.07. The Morgan fingerprint density at radius 3 is 2.45 bits per heavy atom. The molecule has 3 aromatic carbocycles. The highest BCUT2D eigenvalue weighted by Crippen LogP contribution is 2.28. The van der Waals surface area contributed by atoms with Crippen molar-refractivity contribution in [2.75, 3.05) is 0 Å². The van der Waals surface area contributed by atoms with Gasteiger partial charge in [-0.2, -0.15) is 0 Å². The Kier molecular flexibility index (Phi) is 4.09. The molecule has 3 aromatic rings. The summed E-state index contributed by atoms with van der Waals surface area (Å²) in [5.74, 6) is 0. The van der Waals surface area contributed by atoms with E-state index >= 15 is 0 Å². The first-order chi connectivity index (χ1) is 9.72. The van der Waals surface area contributed by atoms with Crippen LogP contribution in [0.2, 0.25) is 0 Å². The maximum Gasteiger partial charge on any atom is 0.0625 e. The van der Waals surface area contributed by atoms with Gasteiger partial charge in [0.2, 0.25) is 0 Å². The number of rotatable bonds is 3. The summed E-state index contributed by atoms with van der Waals surface area (Å²) in [5.41, 5.74) is 2.41. The third kappa shape index (κ3) is 3.05. The molecule has 3 rings (SSSR count). The molecular formula is C18H14BrCl. The van der Waals surface area contributed by atoms with Crippen LogP contribution in [0.5, 0.6) is 0 Å². The third-order valence-electron chi connectivity index (χ3n) is 3.44. The van der Waals surface area contributed by atoms with Gasteiger partial charge in [0, 0.05) is 4.47 Å². The maximum atomic E-state index is 6.54. The van der Waals surface area contributed by atoms with Crippen molar-refractivity contribution < 1.29 is 0 Å². The van der Waals surface area contributed by atoms with Crippen LogP contribution in [-0.4, -0.2) is 0 Å². The quantitative estimate of drug-likeness (QED) is 0.501. The molecule has 1 atom stereocenters. The maximum absolute atomic E-state index is 6.54. The van der Waals surface area contributed by atoms with Gasteiger partial charge in [-0.1, -0.05) is 70.5 Å². The fraction of sp³-hybridized carbons (Fsp3) is 0.111. The molecule has 20 heavy (non-hydrogen) atoms. The van der Waals surface area contributed by atoms with Crippen molar-refractivity contribution in [1.82, 2.24) is 0 Å². The normalized spacial score (nSPS) is 12.5. The lowest BCUT2D eigenvalue weighted by Crippen LogP contribution is -1.96. The van der Waals surface area contributed by atoms with Crippen molar-refractivity contribution in [3.63, 3.8) is 0 Å². The minimum atomic E-state index is -0.00587. The van der Waals surface area contributed by atoms with Crippen LogP contribution in [0.1, 0.15) is 16.5 Å². The number of halogens is 2. The van der Waals surface area contributed by atoms with Gasteiger partial charge in [0.05, 0.1) is 5.38 Å². The lowest BCUT2D eigenvalue weighted by Gasteiger charge is -2.11. The van der Waals surface area contributed by atoms with Gasteiger partial charge in [-0.05, 0) is 40.5 Å². The minimum absolute atomic E-state index is 0.00587. The molecule has 0 spiro atoms. The van der Waals surface area contributed by atoms with E-state index in [4.69, 9.17) is 11.6 Å². The van der Waals surface area contributed by atoms with Crippen molar-refractivity contribution in [2.24, 2.45) is 0 Å². The molecule has 0 heterocycles. The molecule has 0 saturated heterocycles. The van der Waals surface area contributed by atoms with Crippen molar-refractivity contribution in [3.05, 3.63) is 82.3 Å². The highest BCUT2D eigenvalue weighted by molar-refractivity contribution is 9.10. The second kappa shape index (κ2) is 5.99. The predicted molar refractivity (Wildman–Crippen MR) is 90.4 cm³/mol. The molecule has 0 radical (unpaired) electrons. The lowest BCUT2D eigenvalue weighted by molar-refractivity contribution is 0.921. The average molecular weight is 346 g/mol. The molecule has 0 aliphatic rings. The van der Waals surface area contributed by atoms with E-state index in [1.807, 2.05) is 12.1 Å². The Balaban J connectivity index is 1.85. The number of benzene rings is 3. The number of fused-ring (bicyclic) bond motifs is 1. The van der Waals surface area contributed by atoms with Crippen LogP contribution < -0.4 is 0 Å². The molecule has 0 fully saturated rings. The van der Waals surface area contributed by atoms with E-state index < -0.39 is 0 Å². The molecule has 0 N–H and O–H groups in total. The Hall–Kier alpha value is -1.31. The molecule has 0 aliphatic carbocycles. The SMILES string of the molecule is ClC(Cc1ccc2ccccc2c1)c1cccc(Br)c1. The van der Waals surface area contributed by atoms with E-state index in [1.54, 1.807) is 0 Å². The largest absolute Gasteiger partial charge is 0.117 e. The van der Waals surface area contributed by atoms with Gasteiger partial charge in [-0.15, -0.1) is 11.6 Å². The monoisotopic (exact) mass is 344 g/mol. The Bertz CT molecular complexity index is 736. The van der Waals surface area contributed by atoms with E-state index in [-0.39, 0.29) is 5.38 Å². The van der Waals surface area contributed by atoms with Crippen LogP contribution in [0, 0.1) is 0 Å². The first-order valence-corrected chi connectivity index (χ1v) is 7.82. The number of hydrogen-bond donors (Lipinski definition) is 0. The van der Waals surface area contributed by atoms with Crippen molar-refractivity contribution in [1.29, 1.82) is 0 Å². The predicted octanol–water partition coefficient (Wildman–Crippen LogP) is 6.12. The van der Waals surface area contributed by atoms with Gasteiger partial charge in [-0.3, -0.25) is 0 Å². The zero-order valence-corrected chi connectivity index (χ0v) is 13.2. The van der Waals surface area contributed by atoms with E-state index in [9.17, 15) is 0 Å². The van der Waals surface area contributed by atoms with Crippen LogP contribution >= 0.6 is 27.5 Å². The zero-order valence-electron chi connectivity index (χ0n) is 10.9. The van der Waals surface area contributed by atoms with Crippen LogP contribution in [0.3, 0.4) is 0 Å². The topological polar surface area (TPSA) is 0 Å². The molecule has 0 aliphatic heterocycles. The molecule has 1 unspecified atom stereocenters. The van der Waals surface area contributed by atoms with Crippen molar-refractivity contribution in [3.8, 4) is 0 Å². The van der Waals surface area contributed by atoms with Crippen LogP contribution in [0.15, 0.2) is 71.2 Å². The summed E-state index contributed by atoms with van der Waals surface area (Å²) in [7, 11) is 0. The van der Waals surface area contributed by atoms with Gasteiger partial charge in [0.25, 0.3) is 0 Å². The van der Waals surface area contributed by atoms with E-state index in [2.05, 4.69) is 70.5 Å². The molecule has 0 nitrogen and oxygen atoms in total. The molecule has 0 aromatic heterocycles. The van der Waals surface area contributed by atoms with Crippen LogP contribution in [0.4, 0.5) is 0 Å². The van der Waals surface area contributed by atoms with Gasteiger partial charge in [0.1, 0.15) is 0 Å². The molecule has 0 bridgehead atoms. The Morgan fingerprint density at radius 1 is 0.850 bits per heavy atom. The standard InChI is InChI=1S/C18H14BrCl/c19-17-7-3-6-16(12-17)18(20)11-13-8-9-14-4-1-2-5-15(14)10-13/h1-10,12,18H,11H2. The van der Waals surface area contributed by atoms with Crippen LogP contribution in [0.25, 0.3) is 10.8 Å². The smallest absolute Gasteiger partial charge is 0.0625 e. The summed E-state index contributed by atoms with van der Waals surface area (Å²) in [6.07, 6.45) is 0.836. The van der Waals surface area contributed by atoms with Gasteiger partial charge < -0.3 is 0 Å². The van der Waals surface area contributed by atoms with Crippen LogP contribution in [-0.2, 0) is 6.42 Å². The first kappa shape index (κ1) is 13.7. The van der Waals surface area contributed by atoms with Crippen molar-refractivity contribution >= 4 is 38.3 Å². The average Bonchev–Trinajstić information content (AvgIpc) is 2.47. The number of hydrogen-bond acceptors (Lipinski definition) is 0. The minimum Gasteiger partial charge on any atom is -0.117 e. The second-order valence-electron chi connectivity index (χ2n) is 4.91. The Labute approximate surface area is 132 Å². The summed E-state index contributed by atoms with van der Waals surface area (Å²) in [5, 5.41) is 2.53. The van der Waals surface area contributed by atoms with Gasteiger partial charge in [0.15, 0.2) is 0 Å². The fourth-order valence-corrected chi connectivity index (χ4v) is 3.12. The second-order valence-corrected chi connectivity index (χ2v) is 6.35. The first-order valence-electron chi connectivity index (χ1n) is 6.59. The summed E-state index contributed by atoms with van der Waals surface area (Å²) >= 11 is 10.0. The van der Waals surface area contributed by atoms with E-state index in [0.29, 0.717) is 0 Å². The van der Waals surface area contributed by atoms with E-state index in [0.717, 1.165) is 16.5 Å². The lowest BCUT2D eigenvalue weighted by atomic mass is 10.0. The molecule has 0 amide bonds. The van der Waals surface area contributed by atoms with Gasteiger partial charge >= 0.3 is 0 Å². The molecule has 0 saturated carbocycles. The molecule has 2 heteroatoms. The summed E-state index contributed by atoms with van der Waals surface area (Å²) in [4.78, 5) is 0. The summed E-state index contributed by atoms with van der Waals surface area (Å²) in [6.45, 7) is 0. The summed E-state index contributed by atoms with van der Waals surface area (Å²) in [6, 6.07) is 23.1. The van der Waals surface area contributed by atoms with Gasteiger partial charge in [-0.25, -0.2) is 0 Å². The fourth-order valence-electron chi connectivity index (χ4n) is 2.39. The Morgan fingerprint density at radius 2 is 1.65 bits per heavy atom. The third-order valence-corrected chi connectivity index (χ3v) is 4.34.